The Balaban J connectivity index is 1.75. The first kappa shape index (κ1) is 20.3. The largest absolute Gasteiger partial charge is 0.497 e. The van der Waals surface area contributed by atoms with Crippen molar-refractivity contribution >= 4 is 23.0 Å². The lowest BCUT2D eigenvalue weighted by atomic mass is 9.98. The van der Waals surface area contributed by atoms with Crippen LogP contribution in [0.5, 0.6) is 5.75 Å². The standard InChI is InChI=1S/C23H18ClF3N2O/c1-30-20-11-7-15(8-12-20)21-14-22(16-5-9-18(24)10-6-16)29(28-21)19-4-2-3-17(13-19)23(25,26)27/h2-13,22H,14H2,1H3/t22-/m1/s1. The van der Waals surface area contributed by atoms with Crippen LogP contribution in [0, 0.1) is 0 Å². The molecule has 0 saturated carbocycles. The van der Waals surface area contributed by atoms with Crippen molar-refractivity contribution in [1.29, 1.82) is 0 Å². The van der Waals surface area contributed by atoms with Gasteiger partial charge in [0, 0.05) is 11.4 Å². The van der Waals surface area contributed by atoms with Gasteiger partial charge in [-0.1, -0.05) is 29.8 Å². The van der Waals surface area contributed by atoms with Crippen molar-refractivity contribution in [3.63, 3.8) is 0 Å². The van der Waals surface area contributed by atoms with Crippen LogP contribution in [0.4, 0.5) is 18.9 Å². The summed E-state index contributed by atoms with van der Waals surface area (Å²) in [7, 11) is 1.59. The second-order valence-electron chi connectivity index (χ2n) is 6.94. The molecule has 0 N–H and O–H groups in total. The van der Waals surface area contributed by atoms with E-state index in [1.54, 1.807) is 30.3 Å². The van der Waals surface area contributed by atoms with Crippen LogP contribution in [-0.2, 0) is 6.18 Å². The molecule has 4 rings (SSSR count). The molecule has 3 aromatic carbocycles. The number of benzene rings is 3. The zero-order valence-electron chi connectivity index (χ0n) is 16.0. The molecule has 30 heavy (non-hydrogen) atoms. The van der Waals surface area contributed by atoms with Crippen molar-refractivity contribution in [1.82, 2.24) is 0 Å². The number of hydrogen-bond acceptors (Lipinski definition) is 3. The van der Waals surface area contributed by atoms with Crippen molar-refractivity contribution in [2.24, 2.45) is 5.10 Å². The van der Waals surface area contributed by atoms with E-state index in [2.05, 4.69) is 0 Å². The fraction of sp³-hybridized carbons (Fsp3) is 0.174. The van der Waals surface area contributed by atoms with Crippen LogP contribution in [0.15, 0.2) is 77.9 Å². The maximum absolute atomic E-state index is 13.3. The molecule has 7 heteroatoms. The quantitative estimate of drug-likeness (QED) is 0.458. The van der Waals surface area contributed by atoms with Gasteiger partial charge in [0.1, 0.15) is 5.75 Å². The van der Waals surface area contributed by atoms with Gasteiger partial charge in [-0.15, -0.1) is 0 Å². The predicted octanol–water partition coefficient (Wildman–Crippen LogP) is 6.72. The monoisotopic (exact) mass is 430 g/mol. The van der Waals surface area contributed by atoms with Crippen molar-refractivity contribution < 1.29 is 17.9 Å². The number of alkyl halides is 3. The van der Waals surface area contributed by atoms with Gasteiger partial charge in [0.2, 0.25) is 0 Å². The van der Waals surface area contributed by atoms with E-state index in [4.69, 9.17) is 21.4 Å². The topological polar surface area (TPSA) is 24.8 Å². The van der Waals surface area contributed by atoms with Gasteiger partial charge in [-0.3, -0.25) is 5.01 Å². The molecule has 1 aliphatic heterocycles. The van der Waals surface area contributed by atoms with Gasteiger partial charge < -0.3 is 4.74 Å². The van der Waals surface area contributed by atoms with Gasteiger partial charge in [-0.2, -0.15) is 18.3 Å². The Labute approximate surface area is 177 Å². The molecule has 0 aromatic heterocycles. The van der Waals surface area contributed by atoms with Gasteiger partial charge in [0.25, 0.3) is 0 Å². The highest BCUT2D eigenvalue weighted by molar-refractivity contribution is 6.30. The fourth-order valence-electron chi connectivity index (χ4n) is 3.48. The maximum Gasteiger partial charge on any atom is 0.416 e. The lowest BCUT2D eigenvalue weighted by Gasteiger charge is -2.24. The molecular formula is C23H18ClF3N2O. The molecule has 0 unspecified atom stereocenters. The van der Waals surface area contributed by atoms with Crippen molar-refractivity contribution in [2.75, 3.05) is 12.1 Å². The molecule has 0 amide bonds. The average Bonchev–Trinajstić information content (AvgIpc) is 3.19. The number of rotatable bonds is 4. The molecule has 3 nitrogen and oxygen atoms in total. The lowest BCUT2D eigenvalue weighted by Crippen LogP contribution is -2.19. The Morgan fingerprint density at radius 1 is 1.00 bits per heavy atom. The highest BCUT2D eigenvalue weighted by atomic mass is 35.5. The van der Waals surface area contributed by atoms with E-state index in [0.717, 1.165) is 34.7 Å². The van der Waals surface area contributed by atoms with Gasteiger partial charge in [-0.25, -0.2) is 0 Å². The van der Waals surface area contributed by atoms with Crippen LogP contribution in [0.3, 0.4) is 0 Å². The zero-order valence-corrected chi connectivity index (χ0v) is 16.8. The van der Waals surface area contributed by atoms with Gasteiger partial charge in [-0.05, 0) is 65.7 Å². The second-order valence-corrected chi connectivity index (χ2v) is 7.38. The van der Waals surface area contributed by atoms with E-state index in [-0.39, 0.29) is 6.04 Å². The number of hydrogen-bond donors (Lipinski definition) is 0. The summed E-state index contributed by atoms with van der Waals surface area (Å²) in [6.45, 7) is 0. The first-order valence-electron chi connectivity index (χ1n) is 9.29. The number of halogens is 4. The second kappa shape index (κ2) is 8.03. The minimum atomic E-state index is -4.42. The average molecular weight is 431 g/mol. The summed E-state index contributed by atoms with van der Waals surface area (Å²) in [6.07, 6.45) is -3.88. The van der Waals surface area contributed by atoms with Gasteiger partial charge in [0.05, 0.1) is 30.1 Å². The van der Waals surface area contributed by atoms with Crippen molar-refractivity contribution in [3.05, 3.63) is 94.5 Å². The molecule has 0 aliphatic carbocycles. The molecule has 0 radical (unpaired) electrons. The third kappa shape index (κ3) is 4.14. The minimum absolute atomic E-state index is 0.247. The fourth-order valence-corrected chi connectivity index (χ4v) is 3.60. The first-order valence-corrected chi connectivity index (χ1v) is 9.67. The Kier molecular flexibility index (Phi) is 5.43. The summed E-state index contributed by atoms with van der Waals surface area (Å²) in [4.78, 5) is 0. The Bertz CT molecular complexity index is 1060. The summed E-state index contributed by atoms with van der Waals surface area (Å²) in [6, 6.07) is 19.7. The highest BCUT2D eigenvalue weighted by Crippen LogP contribution is 2.39. The van der Waals surface area contributed by atoms with E-state index in [9.17, 15) is 13.2 Å². The molecule has 1 heterocycles. The van der Waals surface area contributed by atoms with Crippen molar-refractivity contribution in [2.45, 2.75) is 18.6 Å². The van der Waals surface area contributed by atoms with Crippen LogP contribution < -0.4 is 9.75 Å². The van der Waals surface area contributed by atoms with Gasteiger partial charge in [0.15, 0.2) is 0 Å². The molecule has 1 aliphatic rings. The summed E-state index contributed by atoms with van der Waals surface area (Å²) in [5.74, 6) is 0.723. The Morgan fingerprint density at radius 2 is 1.70 bits per heavy atom. The SMILES string of the molecule is COc1ccc(C2=NN(c3cccc(C(F)(F)F)c3)[C@@H](c3ccc(Cl)cc3)C2)cc1. The number of methoxy groups -OCH3 is 1. The summed E-state index contributed by atoms with van der Waals surface area (Å²) >= 11 is 6.02. The summed E-state index contributed by atoms with van der Waals surface area (Å²) in [5, 5.41) is 6.94. The third-order valence-corrected chi connectivity index (χ3v) is 5.28. The number of anilines is 1. The number of nitrogens with zero attached hydrogens (tertiary/aromatic N) is 2. The minimum Gasteiger partial charge on any atom is -0.497 e. The molecule has 1 atom stereocenters. The molecule has 3 aromatic rings. The Hall–Kier alpha value is -2.99. The molecule has 0 bridgehead atoms. The van der Waals surface area contributed by atoms with Crippen molar-refractivity contribution in [3.8, 4) is 5.75 Å². The van der Waals surface area contributed by atoms with Crippen LogP contribution in [-0.4, -0.2) is 12.8 Å². The maximum atomic E-state index is 13.3. The van der Waals surface area contributed by atoms with Crippen LogP contribution in [0.25, 0.3) is 0 Å². The molecular weight excluding hydrogens is 413 g/mol. The number of ether oxygens (including phenoxy) is 1. The van der Waals surface area contributed by atoms with Crippen LogP contribution in [0.2, 0.25) is 5.02 Å². The molecule has 0 saturated heterocycles. The van der Waals surface area contributed by atoms with E-state index < -0.39 is 11.7 Å². The third-order valence-electron chi connectivity index (χ3n) is 5.03. The van der Waals surface area contributed by atoms with E-state index in [0.29, 0.717) is 17.1 Å². The van der Waals surface area contributed by atoms with Crippen LogP contribution in [0.1, 0.15) is 29.2 Å². The Morgan fingerprint density at radius 3 is 2.33 bits per heavy atom. The normalized spacial score (nSPS) is 16.5. The molecule has 0 fully saturated rings. The van der Waals surface area contributed by atoms with E-state index in [1.807, 2.05) is 36.4 Å². The lowest BCUT2D eigenvalue weighted by molar-refractivity contribution is -0.137. The smallest absolute Gasteiger partial charge is 0.416 e. The summed E-state index contributed by atoms with van der Waals surface area (Å²) in [5.41, 5.74) is 2.28. The van der Waals surface area contributed by atoms with Crippen LogP contribution >= 0.6 is 11.6 Å². The predicted molar refractivity (Wildman–Crippen MR) is 112 cm³/mol. The van der Waals surface area contributed by atoms with E-state index in [1.165, 1.54) is 6.07 Å². The summed E-state index contributed by atoms with van der Waals surface area (Å²) < 4.78 is 45.0. The van der Waals surface area contributed by atoms with Gasteiger partial charge >= 0.3 is 6.18 Å². The van der Waals surface area contributed by atoms with E-state index >= 15 is 0 Å². The number of hydrazone groups is 1. The molecule has 154 valence electrons. The zero-order chi connectivity index (χ0) is 21.3. The first-order chi connectivity index (χ1) is 14.3. The molecule has 0 spiro atoms. The highest BCUT2D eigenvalue weighted by Gasteiger charge is 2.34.